The molecule has 262 valence electrons. The third-order valence-electron chi connectivity index (χ3n) is 10.4. The minimum atomic E-state index is -3.97. The first kappa shape index (κ1) is 36.2. The van der Waals surface area contributed by atoms with Crippen LogP contribution in [0.4, 0.5) is 5.69 Å². The summed E-state index contributed by atoms with van der Waals surface area (Å²) in [5, 5.41) is -0.120. The lowest BCUT2D eigenvalue weighted by Gasteiger charge is -2.44. The van der Waals surface area contributed by atoms with Crippen LogP contribution in [0.2, 0.25) is 5.02 Å². The van der Waals surface area contributed by atoms with Gasteiger partial charge >= 0.3 is 0 Å². The highest BCUT2D eigenvalue weighted by Gasteiger charge is 2.40. The quantitative estimate of drug-likeness (QED) is 0.369. The molecule has 1 saturated carbocycles. The summed E-state index contributed by atoms with van der Waals surface area (Å²) in [4.78, 5) is 30.4. The predicted octanol–water partition coefficient (Wildman–Crippen LogP) is 6.38. The van der Waals surface area contributed by atoms with Gasteiger partial charge in [-0.2, -0.15) is 0 Å². The minimum absolute atomic E-state index is 0.0641. The van der Waals surface area contributed by atoms with Gasteiger partial charge in [0.25, 0.3) is 11.8 Å². The van der Waals surface area contributed by atoms with E-state index in [-0.39, 0.29) is 35.3 Å². The van der Waals surface area contributed by atoms with Crippen LogP contribution in [0.3, 0.4) is 0 Å². The van der Waals surface area contributed by atoms with E-state index in [1.807, 2.05) is 44.2 Å². The predicted molar refractivity (Wildman–Crippen MR) is 190 cm³/mol. The molecule has 5 rings (SSSR count). The molecule has 1 N–H and O–H groups in total. The topological polar surface area (TPSA) is 105 Å². The van der Waals surface area contributed by atoms with E-state index < -0.39 is 27.3 Å². The molecular formula is C37H50ClN3O6S. The lowest BCUT2D eigenvalue weighted by Crippen LogP contribution is -2.46. The molecule has 48 heavy (non-hydrogen) atoms. The van der Waals surface area contributed by atoms with E-state index in [1.165, 1.54) is 0 Å². The van der Waals surface area contributed by atoms with Crippen molar-refractivity contribution in [3.63, 3.8) is 0 Å². The lowest BCUT2D eigenvalue weighted by molar-refractivity contribution is -0.148. The van der Waals surface area contributed by atoms with Crippen LogP contribution in [0.25, 0.3) is 0 Å². The van der Waals surface area contributed by atoms with Crippen molar-refractivity contribution in [3.8, 4) is 5.75 Å². The molecule has 2 amide bonds. The molecule has 2 aromatic rings. The fraction of sp³-hybridized carbons (Fsp3) is 0.568. The van der Waals surface area contributed by atoms with Crippen molar-refractivity contribution in [2.75, 3.05) is 32.1 Å². The Morgan fingerprint density at radius 1 is 1.12 bits per heavy atom. The van der Waals surface area contributed by atoms with Crippen LogP contribution < -0.4 is 14.4 Å². The second-order valence-electron chi connectivity index (χ2n) is 13.8. The van der Waals surface area contributed by atoms with E-state index in [0.717, 1.165) is 55.5 Å². The zero-order chi connectivity index (χ0) is 34.6. The van der Waals surface area contributed by atoms with Crippen molar-refractivity contribution in [1.82, 2.24) is 9.62 Å². The van der Waals surface area contributed by atoms with Crippen LogP contribution in [0.5, 0.6) is 5.75 Å². The number of aryl methyl sites for hydroxylation is 1. The van der Waals surface area contributed by atoms with Gasteiger partial charge in [0.15, 0.2) is 0 Å². The van der Waals surface area contributed by atoms with Crippen LogP contribution in [-0.2, 0) is 32.6 Å². The highest BCUT2D eigenvalue weighted by atomic mass is 35.5. The van der Waals surface area contributed by atoms with Gasteiger partial charge in [-0.15, -0.1) is 0 Å². The molecular weight excluding hydrogens is 650 g/mol. The lowest BCUT2D eigenvalue weighted by atomic mass is 9.70. The summed E-state index contributed by atoms with van der Waals surface area (Å²) in [5.74, 6) is 0.103. The molecule has 0 saturated heterocycles. The standard InChI is InChI=1S/C37H50ClN3O6S/c1-6-33(37(43)40(4)5)47-34-12-9-10-24(2)25(3)48(44,45)39-36(42)27-15-18-35-32(21-27)41(22-28-14-17-31(28)34)19-8-7-11-26-20-30(38)16-13-29(26)23-46-35/h9,12-13,15-16,18,20-21,24-25,28,31,33-34H,6-8,10-11,14,17,19,22-23H2,1-5H3,(H,39,42)/b12-9+/t24-,25+,28-,31+,33-,34-/m0/s1. The Morgan fingerprint density at radius 3 is 2.62 bits per heavy atom. The number of hydrogen-bond donors (Lipinski definition) is 1. The maximum Gasteiger partial charge on any atom is 0.264 e. The average Bonchev–Trinajstić information content (AvgIpc) is 3.07. The van der Waals surface area contributed by atoms with Crippen LogP contribution in [0.1, 0.15) is 80.8 Å². The van der Waals surface area contributed by atoms with Gasteiger partial charge in [0.1, 0.15) is 18.5 Å². The molecule has 1 fully saturated rings. The highest BCUT2D eigenvalue weighted by Crippen LogP contribution is 2.42. The largest absolute Gasteiger partial charge is 0.487 e. The maximum atomic E-state index is 13.5. The van der Waals surface area contributed by atoms with Crippen molar-refractivity contribution in [3.05, 3.63) is 70.3 Å². The molecule has 1 aliphatic carbocycles. The van der Waals surface area contributed by atoms with Gasteiger partial charge in [-0.25, -0.2) is 13.1 Å². The Morgan fingerprint density at radius 2 is 1.92 bits per heavy atom. The number of halogens is 1. The summed E-state index contributed by atoms with van der Waals surface area (Å²) < 4.78 is 42.2. The van der Waals surface area contributed by atoms with Gasteiger partial charge in [0.2, 0.25) is 10.0 Å². The van der Waals surface area contributed by atoms with Crippen molar-refractivity contribution in [2.24, 2.45) is 17.8 Å². The normalized spacial score (nSPS) is 27.4. The summed E-state index contributed by atoms with van der Waals surface area (Å²) >= 11 is 6.35. The van der Waals surface area contributed by atoms with E-state index in [9.17, 15) is 18.0 Å². The van der Waals surface area contributed by atoms with E-state index in [1.54, 1.807) is 44.1 Å². The Hall–Kier alpha value is -3.08. The van der Waals surface area contributed by atoms with Crippen LogP contribution >= 0.6 is 11.6 Å². The van der Waals surface area contributed by atoms with Gasteiger partial charge in [0.05, 0.1) is 17.0 Å². The Balaban J connectivity index is 1.54. The molecule has 0 aromatic heterocycles. The summed E-state index contributed by atoms with van der Waals surface area (Å²) in [6.45, 7) is 7.24. The first-order chi connectivity index (χ1) is 22.9. The number of amides is 2. The number of fused-ring (bicyclic) bond motifs is 3. The number of hydrogen-bond acceptors (Lipinski definition) is 7. The number of ether oxygens (including phenoxy) is 2. The van der Waals surface area contributed by atoms with Gasteiger partial charge < -0.3 is 19.3 Å². The van der Waals surface area contributed by atoms with Crippen LogP contribution in [-0.4, -0.2) is 69.8 Å². The third kappa shape index (κ3) is 8.37. The number of nitrogens with one attached hydrogen (secondary N) is 1. The third-order valence-corrected chi connectivity index (χ3v) is 12.5. The fourth-order valence-corrected chi connectivity index (χ4v) is 8.40. The average molecular weight is 700 g/mol. The molecule has 2 bridgehead atoms. The smallest absolute Gasteiger partial charge is 0.264 e. The van der Waals surface area contributed by atoms with Crippen molar-refractivity contribution < 1.29 is 27.5 Å². The number of likely N-dealkylation sites (N-methyl/N-ethyl adjacent to an activating group) is 1. The molecule has 11 heteroatoms. The van der Waals surface area contributed by atoms with Crippen LogP contribution in [0.15, 0.2) is 48.6 Å². The molecule has 9 nitrogen and oxygen atoms in total. The number of anilines is 1. The van der Waals surface area contributed by atoms with E-state index in [0.29, 0.717) is 36.8 Å². The van der Waals surface area contributed by atoms with Crippen LogP contribution in [0, 0.1) is 17.8 Å². The number of rotatable bonds is 4. The maximum absolute atomic E-state index is 13.5. The molecule has 0 radical (unpaired) electrons. The second kappa shape index (κ2) is 15.6. The first-order valence-electron chi connectivity index (χ1n) is 17.3. The second-order valence-corrected chi connectivity index (χ2v) is 16.3. The van der Waals surface area contributed by atoms with Gasteiger partial charge in [-0.3, -0.25) is 9.59 Å². The molecule has 0 spiro atoms. The SMILES string of the molecule is CC[C@H](O[C@H]1/C=C/C[C@H](C)[C@@H](C)S(=O)(=O)NC(=O)c2ccc3c(c2)N(CCCCc2cc(Cl)ccc2CO3)C[C@@H]2CC[C@H]21)C(=O)N(C)C. The number of nitrogens with zero attached hydrogens (tertiary/aromatic N) is 2. The van der Waals surface area contributed by atoms with E-state index >= 15 is 0 Å². The Labute approximate surface area is 291 Å². The Kier molecular flexibility index (Phi) is 11.8. The highest BCUT2D eigenvalue weighted by molar-refractivity contribution is 7.90. The van der Waals surface area contributed by atoms with Crippen molar-refractivity contribution in [2.45, 2.75) is 89.8 Å². The number of sulfonamides is 1. The molecule has 3 aliphatic rings. The molecule has 6 atom stereocenters. The summed E-state index contributed by atoms with van der Waals surface area (Å²) in [6.07, 6.45) is 8.89. The minimum Gasteiger partial charge on any atom is -0.487 e. The Bertz CT molecular complexity index is 1610. The molecule has 2 heterocycles. The summed E-state index contributed by atoms with van der Waals surface area (Å²) in [5.41, 5.74) is 3.25. The van der Waals surface area contributed by atoms with E-state index in [4.69, 9.17) is 21.1 Å². The monoisotopic (exact) mass is 699 g/mol. The molecule has 2 aromatic carbocycles. The number of carbonyl (C=O) groups is 2. The van der Waals surface area contributed by atoms with E-state index in [2.05, 4.69) is 9.62 Å². The van der Waals surface area contributed by atoms with Crippen molar-refractivity contribution in [1.29, 1.82) is 0 Å². The fourth-order valence-electron chi connectivity index (χ4n) is 6.92. The summed E-state index contributed by atoms with van der Waals surface area (Å²) in [7, 11) is -0.485. The van der Waals surface area contributed by atoms with Gasteiger partial charge in [-0.05, 0) is 111 Å². The zero-order valence-electron chi connectivity index (χ0n) is 28.8. The molecule has 0 unspecified atom stereocenters. The first-order valence-corrected chi connectivity index (χ1v) is 19.2. The number of allylic oxidation sites excluding steroid dienone is 1. The zero-order valence-corrected chi connectivity index (χ0v) is 30.4. The molecule has 2 aliphatic heterocycles. The number of carbonyl (C=O) groups excluding carboxylic acids is 2. The van der Waals surface area contributed by atoms with Gasteiger partial charge in [-0.1, -0.05) is 43.7 Å². The van der Waals surface area contributed by atoms with Crippen molar-refractivity contribution >= 4 is 39.1 Å². The van der Waals surface area contributed by atoms with Gasteiger partial charge in [0, 0.05) is 37.8 Å². The number of benzene rings is 2. The summed E-state index contributed by atoms with van der Waals surface area (Å²) in [6, 6.07) is 11.1.